The molecule has 0 saturated carbocycles. The van der Waals surface area contributed by atoms with Crippen LogP contribution in [0.25, 0.3) is 0 Å². The van der Waals surface area contributed by atoms with Crippen molar-refractivity contribution in [2.75, 3.05) is 0 Å². The van der Waals surface area contributed by atoms with Crippen molar-refractivity contribution in [1.29, 1.82) is 0 Å². The molecule has 1 aromatic heterocycles. The van der Waals surface area contributed by atoms with E-state index in [9.17, 15) is 9.90 Å². The maximum absolute atomic E-state index is 12.4. The highest BCUT2D eigenvalue weighted by Crippen LogP contribution is 2.36. The number of hydrogen-bond acceptors (Lipinski definition) is 2. The Balaban J connectivity index is 2.10. The Labute approximate surface area is 136 Å². The summed E-state index contributed by atoms with van der Waals surface area (Å²) < 4.78 is 1.67. The number of aliphatic hydroxyl groups is 1. The third-order valence-corrected chi connectivity index (χ3v) is 4.45. The Morgan fingerprint density at radius 1 is 1.09 bits per heavy atom. The lowest BCUT2D eigenvalue weighted by Gasteiger charge is -2.35. The van der Waals surface area contributed by atoms with Crippen LogP contribution in [0, 0.1) is 5.92 Å². The van der Waals surface area contributed by atoms with Crippen LogP contribution in [0.2, 0.25) is 0 Å². The second-order valence-corrected chi connectivity index (χ2v) is 5.91. The number of hydrogen-bond donors (Lipinski definition) is 1. The zero-order valence-electron chi connectivity index (χ0n) is 13.2. The molecule has 0 fully saturated rings. The van der Waals surface area contributed by atoms with E-state index in [2.05, 4.69) is 0 Å². The fraction of sp³-hybridized carbons (Fsp3) is 0.250. The largest absolute Gasteiger partial charge is 0.379 e. The van der Waals surface area contributed by atoms with Gasteiger partial charge in [0.05, 0.1) is 12.2 Å². The van der Waals surface area contributed by atoms with Gasteiger partial charge >= 0.3 is 0 Å². The van der Waals surface area contributed by atoms with Gasteiger partial charge in [0.1, 0.15) is 5.60 Å². The number of nitrogens with zero attached hydrogens (tertiary/aromatic N) is 1. The Kier molecular flexibility index (Phi) is 4.30. The highest BCUT2D eigenvalue weighted by Gasteiger charge is 2.37. The van der Waals surface area contributed by atoms with Gasteiger partial charge in [-0.1, -0.05) is 61.5 Å². The summed E-state index contributed by atoms with van der Waals surface area (Å²) in [6.07, 6.45) is 8.38. The first-order valence-electron chi connectivity index (χ1n) is 7.98. The fourth-order valence-electron chi connectivity index (χ4n) is 3.19. The van der Waals surface area contributed by atoms with Gasteiger partial charge in [-0.15, -0.1) is 0 Å². The van der Waals surface area contributed by atoms with Crippen LogP contribution in [0.3, 0.4) is 0 Å². The molecule has 118 valence electrons. The van der Waals surface area contributed by atoms with E-state index in [1.165, 1.54) is 0 Å². The number of allylic oxidation sites excluding steroid dienone is 2. The van der Waals surface area contributed by atoms with E-state index in [1.807, 2.05) is 61.5 Å². The van der Waals surface area contributed by atoms with Gasteiger partial charge in [-0.25, -0.2) is 0 Å². The third kappa shape index (κ3) is 2.92. The lowest BCUT2D eigenvalue weighted by atomic mass is 9.79. The Morgan fingerprint density at radius 3 is 2.61 bits per heavy atom. The molecule has 2 atom stereocenters. The standard InChI is InChI=1S/C20H21NO2/c1-2-17-11-6-7-14-20(17,23)18-12-8-13-19(22)21(18)15-16-9-4-3-5-10-16/h3-14,17,23H,2,15H2,1H3. The van der Waals surface area contributed by atoms with Crippen molar-refractivity contribution in [2.45, 2.75) is 25.5 Å². The molecule has 1 aliphatic rings. The second kappa shape index (κ2) is 6.39. The first-order chi connectivity index (χ1) is 11.1. The van der Waals surface area contributed by atoms with E-state index in [0.29, 0.717) is 12.2 Å². The summed E-state index contributed by atoms with van der Waals surface area (Å²) in [6, 6.07) is 14.9. The van der Waals surface area contributed by atoms with Crippen LogP contribution in [0.4, 0.5) is 0 Å². The lowest BCUT2D eigenvalue weighted by molar-refractivity contribution is 0.0329. The van der Waals surface area contributed by atoms with E-state index in [0.717, 1.165) is 12.0 Å². The van der Waals surface area contributed by atoms with Crippen molar-refractivity contribution >= 4 is 0 Å². The molecule has 0 bridgehead atoms. The first-order valence-corrected chi connectivity index (χ1v) is 7.98. The van der Waals surface area contributed by atoms with Gasteiger partial charge in [-0.3, -0.25) is 4.79 Å². The van der Waals surface area contributed by atoms with Crippen LogP contribution in [0.15, 0.2) is 77.6 Å². The zero-order chi connectivity index (χ0) is 16.3. The predicted octanol–water partition coefficient (Wildman–Crippen LogP) is 3.24. The summed E-state index contributed by atoms with van der Waals surface area (Å²) in [6.45, 7) is 2.49. The molecule has 0 amide bonds. The van der Waals surface area contributed by atoms with Gasteiger partial charge in [-0.05, 0) is 24.1 Å². The van der Waals surface area contributed by atoms with E-state index >= 15 is 0 Å². The Bertz CT molecular complexity index is 789. The molecule has 2 unspecified atom stereocenters. The monoisotopic (exact) mass is 307 g/mol. The minimum Gasteiger partial charge on any atom is -0.379 e. The molecule has 1 aromatic carbocycles. The summed E-state index contributed by atoms with van der Waals surface area (Å²) in [5, 5.41) is 11.3. The zero-order valence-corrected chi connectivity index (χ0v) is 13.2. The second-order valence-electron chi connectivity index (χ2n) is 5.91. The maximum atomic E-state index is 12.4. The molecule has 0 spiro atoms. The number of benzene rings is 1. The number of rotatable bonds is 4. The van der Waals surface area contributed by atoms with Gasteiger partial charge in [0.15, 0.2) is 0 Å². The highest BCUT2D eigenvalue weighted by molar-refractivity contribution is 5.31. The molecular formula is C20H21NO2. The highest BCUT2D eigenvalue weighted by atomic mass is 16.3. The minimum atomic E-state index is -1.15. The SMILES string of the molecule is CCC1C=CC=CC1(O)c1cccc(=O)n1Cc1ccccc1. The Hall–Kier alpha value is -2.39. The summed E-state index contributed by atoms with van der Waals surface area (Å²) in [4.78, 5) is 12.4. The molecular weight excluding hydrogens is 286 g/mol. The summed E-state index contributed by atoms with van der Waals surface area (Å²) >= 11 is 0. The van der Waals surface area contributed by atoms with Gasteiger partial charge in [0, 0.05) is 12.0 Å². The molecule has 2 aromatic rings. The predicted molar refractivity (Wildman–Crippen MR) is 92.2 cm³/mol. The van der Waals surface area contributed by atoms with Crippen molar-refractivity contribution in [3.63, 3.8) is 0 Å². The van der Waals surface area contributed by atoms with Crippen molar-refractivity contribution < 1.29 is 5.11 Å². The molecule has 1 heterocycles. The first kappa shape index (κ1) is 15.5. The van der Waals surface area contributed by atoms with Crippen molar-refractivity contribution in [1.82, 2.24) is 4.57 Å². The average Bonchev–Trinajstić information content (AvgIpc) is 2.58. The molecule has 3 heteroatoms. The molecule has 1 aliphatic carbocycles. The van der Waals surface area contributed by atoms with E-state index in [4.69, 9.17) is 0 Å². The van der Waals surface area contributed by atoms with Crippen LogP contribution in [0.1, 0.15) is 24.6 Å². The molecule has 3 rings (SSSR count). The van der Waals surface area contributed by atoms with Crippen LogP contribution >= 0.6 is 0 Å². The normalized spacial score (nSPS) is 23.1. The van der Waals surface area contributed by atoms with Crippen LogP contribution < -0.4 is 5.56 Å². The summed E-state index contributed by atoms with van der Waals surface area (Å²) in [5.41, 5.74) is 0.423. The molecule has 23 heavy (non-hydrogen) atoms. The number of aromatic nitrogens is 1. The summed E-state index contributed by atoms with van der Waals surface area (Å²) in [7, 11) is 0. The van der Waals surface area contributed by atoms with E-state index in [-0.39, 0.29) is 11.5 Å². The van der Waals surface area contributed by atoms with Gasteiger partial charge < -0.3 is 9.67 Å². The lowest BCUT2D eigenvalue weighted by Crippen LogP contribution is -2.39. The Morgan fingerprint density at radius 2 is 1.87 bits per heavy atom. The maximum Gasteiger partial charge on any atom is 0.251 e. The van der Waals surface area contributed by atoms with Crippen LogP contribution in [-0.2, 0) is 12.1 Å². The van der Waals surface area contributed by atoms with E-state index in [1.54, 1.807) is 22.8 Å². The number of pyridine rings is 1. The van der Waals surface area contributed by atoms with Crippen LogP contribution in [-0.4, -0.2) is 9.67 Å². The van der Waals surface area contributed by atoms with Gasteiger partial charge in [-0.2, -0.15) is 0 Å². The fourth-order valence-corrected chi connectivity index (χ4v) is 3.19. The van der Waals surface area contributed by atoms with Gasteiger partial charge in [0.25, 0.3) is 5.56 Å². The molecule has 0 aliphatic heterocycles. The van der Waals surface area contributed by atoms with Crippen molar-refractivity contribution in [3.8, 4) is 0 Å². The molecule has 0 radical (unpaired) electrons. The quantitative estimate of drug-likeness (QED) is 0.942. The summed E-state index contributed by atoms with van der Waals surface area (Å²) in [5.74, 6) is -0.0451. The molecule has 0 saturated heterocycles. The third-order valence-electron chi connectivity index (χ3n) is 4.45. The van der Waals surface area contributed by atoms with Gasteiger partial charge in [0.2, 0.25) is 0 Å². The average molecular weight is 307 g/mol. The minimum absolute atomic E-state index is 0.0451. The topological polar surface area (TPSA) is 42.2 Å². The van der Waals surface area contributed by atoms with Crippen molar-refractivity contribution in [2.24, 2.45) is 5.92 Å². The van der Waals surface area contributed by atoms with Crippen LogP contribution in [0.5, 0.6) is 0 Å². The molecule has 3 nitrogen and oxygen atoms in total. The van der Waals surface area contributed by atoms with E-state index < -0.39 is 5.60 Å². The smallest absolute Gasteiger partial charge is 0.251 e. The molecule has 1 N–H and O–H groups in total. The van der Waals surface area contributed by atoms with Crippen molar-refractivity contribution in [3.05, 3.63) is 94.4 Å².